The fourth-order valence-electron chi connectivity index (χ4n) is 2.30. The lowest BCUT2D eigenvalue weighted by atomic mass is 10.2. The van der Waals surface area contributed by atoms with Gasteiger partial charge >= 0.3 is 0 Å². The minimum absolute atomic E-state index is 0.0660. The van der Waals surface area contributed by atoms with Crippen LogP contribution in [0.3, 0.4) is 0 Å². The number of thioether (sulfide) groups is 1. The minimum Gasteiger partial charge on any atom is -0.310 e. The van der Waals surface area contributed by atoms with Gasteiger partial charge in [-0.3, -0.25) is 19.4 Å². The van der Waals surface area contributed by atoms with E-state index in [-0.39, 0.29) is 22.8 Å². The molecule has 3 heterocycles. The van der Waals surface area contributed by atoms with E-state index in [0.29, 0.717) is 17.1 Å². The predicted molar refractivity (Wildman–Crippen MR) is 82.7 cm³/mol. The summed E-state index contributed by atoms with van der Waals surface area (Å²) in [6.45, 7) is 3.95. The van der Waals surface area contributed by atoms with E-state index < -0.39 is 0 Å². The summed E-state index contributed by atoms with van der Waals surface area (Å²) < 4.78 is 1.74. The van der Waals surface area contributed by atoms with E-state index in [1.807, 2.05) is 31.4 Å². The molecule has 1 unspecified atom stereocenters. The number of nitrogens with zero attached hydrogens (tertiary/aromatic N) is 1. The van der Waals surface area contributed by atoms with Gasteiger partial charge in [0, 0.05) is 10.9 Å². The summed E-state index contributed by atoms with van der Waals surface area (Å²) in [4.78, 5) is 25.3. The van der Waals surface area contributed by atoms with E-state index in [1.54, 1.807) is 16.0 Å². The molecular weight excluding hydrogens is 294 g/mol. The maximum Gasteiger partial charge on any atom is 0.271 e. The molecule has 1 aliphatic rings. The van der Waals surface area contributed by atoms with E-state index in [1.165, 1.54) is 11.8 Å². The van der Waals surface area contributed by atoms with Gasteiger partial charge in [-0.25, -0.2) is 0 Å². The number of fused-ring (bicyclic) bond motifs is 1. The smallest absolute Gasteiger partial charge is 0.271 e. The highest BCUT2D eigenvalue weighted by Crippen LogP contribution is 2.41. The van der Waals surface area contributed by atoms with Crippen molar-refractivity contribution in [3.8, 4) is 0 Å². The van der Waals surface area contributed by atoms with Crippen LogP contribution in [0.5, 0.6) is 0 Å². The molecule has 0 bridgehead atoms. The summed E-state index contributed by atoms with van der Waals surface area (Å²) in [5, 5.41) is 7.59. The summed E-state index contributed by atoms with van der Waals surface area (Å²) in [5.41, 5.74) is 0.527. The van der Waals surface area contributed by atoms with Gasteiger partial charge in [-0.05, 0) is 25.3 Å². The van der Waals surface area contributed by atoms with Crippen LogP contribution in [0.2, 0.25) is 0 Å². The third kappa shape index (κ3) is 2.20. The van der Waals surface area contributed by atoms with Gasteiger partial charge in [0.25, 0.3) is 5.56 Å². The molecule has 0 saturated carbocycles. The van der Waals surface area contributed by atoms with Crippen molar-refractivity contribution >= 4 is 34.8 Å². The molecule has 1 aliphatic heterocycles. The van der Waals surface area contributed by atoms with E-state index in [0.717, 1.165) is 4.88 Å². The molecule has 106 valence electrons. The molecule has 1 amide bonds. The van der Waals surface area contributed by atoms with Crippen molar-refractivity contribution in [2.75, 3.05) is 11.1 Å². The monoisotopic (exact) mass is 309 g/mol. The Labute approximate surface area is 124 Å². The normalized spacial score (nSPS) is 18.8. The number of nitrogens with one attached hydrogen (secondary N) is 2. The van der Waals surface area contributed by atoms with E-state index >= 15 is 0 Å². The van der Waals surface area contributed by atoms with Crippen molar-refractivity contribution in [1.82, 2.24) is 9.78 Å². The second-order valence-electron chi connectivity index (χ2n) is 4.92. The first kappa shape index (κ1) is 13.5. The zero-order valence-electron chi connectivity index (χ0n) is 11.2. The molecule has 0 spiro atoms. The van der Waals surface area contributed by atoms with Crippen molar-refractivity contribution in [1.29, 1.82) is 0 Å². The average molecular weight is 309 g/mol. The Morgan fingerprint density at radius 2 is 2.20 bits per heavy atom. The number of thiophene rings is 1. The number of anilines is 1. The van der Waals surface area contributed by atoms with Crippen LogP contribution in [0.1, 0.15) is 35.6 Å². The van der Waals surface area contributed by atoms with E-state index in [9.17, 15) is 9.59 Å². The Kier molecular flexibility index (Phi) is 3.47. The highest BCUT2D eigenvalue weighted by atomic mass is 32.2. The number of amides is 1. The molecule has 2 N–H and O–H groups in total. The SMILES string of the molecule is CC(C)n1[nH]c(=O)c2c1NC(=O)CSC2c1cccs1. The van der Waals surface area contributed by atoms with Gasteiger partial charge in [-0.15, -0.1) is 23.1 Å². The molecule has 0 aliphatic carbocycles. The van der Waals surface area contributed by atoms with Gasteiger partial charge in [-0.1, -0.05) is 6.07 Å². The van der Waals surface area contributed by atoms with Gasteiger partial charge < -0.3 is 5.32 Å². The van der Waals surface area contributed by atoms with Crippen LogP contribution in [-0.4, -0.2) is 21.4 Å². The van der Waals surface area contributed by atoms with Crippen LogP contribution in [0.25, 0.3) is 0 Å². The topological polar surface area (TPSA) is 66.9 Å². The second kappa shape index (κ2) is 5.14. The number of carbonyl (C=O) groups is 1. The van der Waals surface area contributed by atoms with Crippen molar-refractivity contribution in [3.63, 3.8) is 0 Å². The molecule has 2 aromatic heterocycles. The van der Waals surface area contributed by atoms with Crippen LogP contribution in [0, 0.1) is 0 Å². The van der Waals surface area contributed by atoms with Crippen molar-refractivity contribution in [2.45, 2.75) is 25.1 Å². The Bertz CT molecular complexity index is 685. The third-order valence-corrected chi connectivity index (χ3v) is 5.52. The van der Waals surface area contributed by atoms with Gasteiger partial charge in [0.05, 0.1) is 16.6 Å². The van der Waals surface area contributed by atoms with Crippen LogP contribution in [0.15, 0.2) is 22.3 Å². The lowest BCUT2D eigenvalue weighted by molar-refractivity contribution is -0.113. The maximum absolute atomic E-state index is 12.3. The zero-order valence-corrected chi connectivity index (χ0v) is 12.8. The summed E-state index contributed by atoms with van der Waals surface area (Å²) in [6, 6.07) is 4.06. The fourth-order valence-corrected chi connectivity index (χ4v) is 4.40. The van der Waals surface area contributed by atoms with Gasteiger partial charge in [-0.2, -0.15) is 0 Å². The number of aromatic amines is 1. The van der Waals surface area contributed by atoms with Crippen LogP contribution < -0.4 is 10.9 Å². The number of H-pyrrole nitrogens is 1. The van der Waals surface area contributed by atoms with Crippen molar-refractivity contribution in [2.24, 2.45) is 0 Å². The lowest BCUT2D eigenvalue weighted by Gasteiger charge is -2.13. The first-order valence-electron chi connectivity index (χ1n) is 6.37. The van der Waals surface area contributed by atoms with Crippen LogP contribution in [-0.2, 0) is 4.79 Å². The molecule has 0 aromatic carbocycles. The standard InChI is InChI=1S/C13H15N3O2S2/c1-7(2)16-12-10(13(18)15-16)11(8-4-3-5-19-8)20-6-9(17)14-12/h3-5,7,11H,6H2,1-2H3,(H,14,17)(H,15,18). The molecule has 3 rings (SSSR count). The molecule has 1 atom stereocenters. The number of hydrogen-bond acceptors (Lipinski definition) is 4. The van der Waals surface area contributed by atoms with Crippen molar-refractivity contribution in [3.05, 3.63) is 38.3 Å². The summed E-state index contributed by atoms with van der Waals surface area (Å²) in [7, 11) is 0. The van der Waals surface area contributed by atoms with Crippen molar-refractivity contribution < 1.29 is 4.79 Å². The molecule has 5 nitrogen and oxygen atoms in total. The number of carbonyl (C=O) groups excluding carboxylic acids is 1. The number of aromatic nitrogens is 2. The Balaban J connectivity index is 2.19. The predicted octanol–water partition coefficient (Wildman–Crippen LogP) is 2.59. The maximum atomic E-state index is 12.3. The van der Waals surface area contributed by atoms with Gasteiger partial charge in [0.2, 0.25) is 5.91 Å². The van der Waals surface area contributed by atoms with E-state index in [4.69, 9.17) is 0 Å². The third-order valence-electron chi connectivity index (χ3n) is 3.18. The largest absolute Gasteiger partial charge is 0.310 e. The fraction of sp³-hybridized carbons (Fsp3) is 0.385. The number of hydrogen-bond donors (Lipinski definition) is 2. The minimum atomic E-state index is -0.123. The highest BCUT2D eigenvalue weighted by molar-refractivity contribution is 8.00. The first-order chi connectivity index (χ1) is 9.58. The quantitative estimate of drug-likeness (QED) is 0.896. The Hall–Kier alpha value is -1.47. The molecule has 0 radical (unpaired) electrons. The molecular formula is C13H15N3O2S2. The molecule has 0 saturated heterocycles. The van der Waals surface area contributed by atoms with Gasteiger partial charge in [0.1, 0.15) is 5.82 Å². The Morgan fingerprint density at radius 3 is 2.85 bits per heavy atom. The highest BCUT2D eigenvalue weighted by Gasteiger charge is 2.31. The molecule has 0 fully saturated rings. The summed E-state index contributed by atoms with van der Waals surface area (Å²) in [6.07, 6.45) is 0. The van der Waals surface area contributed by atoms with Gasteiger partial charge in [0.15, 0.2) is 0 Å². The zero-order chi connectivity index (χ0) is 14.3. The number of rotatable bonds is 2. The Morgan fingerprint density at radius 1 is 1.40 bits per heavy atom. The lowest BCUT2D eigenvalue weighted by Crippen LogP contribution is -2.17. The average Bonchev–Trinajstić information content (AvgIpc) is 2.97. The van der Waals surface area contributed by atoms with E-state index in [2.05, 4.69) is 10.4 Å². The van der Waals surface area contributed by atoms with Crippen LogP contribution >= 0.6 is 23.1 Å². The first-order valence-corrected chi connectivity index (χ1v) is 8.30. The molecule has 2 aromatic rings. The summed E-state index contributed by atoms with van der Waals surface area (Å²) in [5.74, 6) is 0.900. The molecule has 7 heteroatoms. The second-order valence-corrected chi connectivity index (χ2v) is 6.99. The van der Waals surface area contributed by atoms with Crippen LogP contribution in [0.4, 0.5) is 5.82 Å². The summed E-state index contributed by atoms with van der Waals surface area (Å²) >= 11 is 3.10. The molecule has 20 heavy (non-hydrogen) atoms.